The topological polar surface area (TPSA) is 63.8 Å². The number of fused-ring (bicyclic) bond motifs is 6. The van der Waals surface area contributed by atoms with E-state index in [2.05, 4.69) is 84.0 Å². The van der Waals surface area contributed by atoms with E-state index >= 15 is 0 Å². The maximum Gasteiger partial charge on any atom is 0.258 e. The molecular formula is C41H51NO4Si. The molecule has 7 rings (SSSR count). The first-order chi connectivity index (χ1) is 22.6. The average molecular weight is 650 g/mol. The van der Waals surface area contributed by atoms with Gasteiger partial charge in [0.15, 0.2) is 11.8 Å². The van der Waals surface area contributed by atoms with E-state index in [-0.39, 0.29) is 29.5 Å². The van der Waals surface area contributed by atoms with Crippen LogP contribution in [-0.4, -0.2) is 28.7 Å². The van der Waals surface area contributed by atoms with Crippen LogP contribution in [-0.2, 0) is 6.54 Å². The molecule has 5 nitrogen and oxygen atoms in total. The Hall–Kier alpha value is -3.64. The van der Waals surface area contributed by atoms with Crippen LogP contribution < -0.4 is 9.16 Å². The van der Waals surface area contributed by atoms with Gasteiger partial charge in [-0.25, -0.2) is 0 Å². The van der Waals surface area contributed by atoms with E-state index in [0.29, 0.717) is 23.2 Å². The van der Waals surface area contributed by atoms with Crippen molar-refractivity contribution in [2.45, 2.75) is 120 Å². The van der Waals surface area contributed by atoms with Crippen LogP contribution in [0.2, 0.25) is 16.6 Å². The van der Waals surface area contributed by atoms with Gasteiger partial charge < -0.3 is 19.4 Å². The van der Waals surface area contributed by atoms with E-state index in [4.69, 9.17) is 9.16 Å². The normalized spacial score (nSPS) is 21.5. The van der Waals surface area contributed by atoms with E-state index in [1.54, 1.807) is 4.57 Å². The second-order valence-corrected chi connectivity index (χ2v) is 20.7. The molecule has 248 valence electrons. The van der Waals surface area contributed by atoms with Crippen molar-refractivity contribution in [2.75, 3.05) is 0 Å². The SMILES string of the molecule is CC(C)[Si](Oc1ccc2c(c1)OC1(CCCC1)[C@H]1c3c(c(O)n(Cc4ccccc4)c3O)[C@@H](c3ccccc3)C[C@@H]21)(C(C)C)C(C)C. The molecule has 3 aromatic carbocycles. The van der Waals surface area contributed by atoms with Crippen LogP contribution in [0.25, 0.3) is 0 Å². The first-order valence-electron chi connectivity index (χ1n) is 17.8. The smallest absolute Gasteiger partial charge is 0.258 e. The van der Waals surface area contributed by atoms with E-state index < -0.39 is 13.9 Å². The molecule has 0 radical (unpaired) electrons. The van der Waals surface area contributed by atoms with Gasteiger partial charge in [-0.05, 0) is 77.4 Å². The van der Waals surface area contributed by atoms with Crippen LogP contribution in [0.1, 0.15) is 119 Å². The van der Waals surface area contributed by atoms with Crippen LogP contribution in [0.5, 0.6) is 23.3 Å². The van der Waals surface area contributed by atoms with E-state index in [1.165, 1.54) is 5.56 Å². The fourth-order valence-corrected chi connectivity index (χ4v) is 15.3. The molecule has 0 amide bonds. The maximum atomic E-state index is 12.2. The lowest BCUT2D eigenvalue weighted by atomic mass is 9.60. The minimum Gasteiger partial charge on any atom is -0.543 e. The Kier molecular flexibility index (Phi) is 8.22. The number of aromatic hydroxyl groups is 2. The molecule has 6 heteroatoms. The molecule has 3 atom stereocenters. The Morgan fingerprint density at radius 2 is 1.40 bits per heavy atom. The highest BCUT2D eigenvalue weighted by molar-refractivity contribution is 6.78. The molecule has 3 aliphatic rings. The molecule has 0 saturated heterocycles. The van der Waals surface area contributed by atoms with Crippen molar-refractivity contribution < 1.29 is 19.4 Å². The highest BCUT2D eigenvalue weighted by Crippen LogP contribution is 2.66. The number of aromatic nitrogens is 1. The van der Waals surface area contributed by atoms with Crippen molar-refractivity contribution >= 4 is 8.32 Å². The lowest BCUT2D eigenvalue weighted by Gasteiger charge is -2.50. The fraction of sp³-hybridized carbons (Fsp3) is 0.463. The third-order valence-corrected chi connectivity index (χ3v) is 17.9. The molecule has 1 fully saturated rings. The Balaban J connectivity index is 1.39. The summed E-state index contributed by atoms with van der Waals surface area (Å²) in [5.41, 5.74) is 6.11. The summed E-state index contributed by atoms with van der Waals surface area (Å²) in [4.78, 5) is 0. The molecule has 2 N–H and O–H groups in total. The number of hydrogen-bond donors (Lipinski definition) is 2. The molecule has 47 heavy (non-hydrogen) atoms. The Morgan fingerprint density at radius 3 is 2.02 bits per heavy atom. The summed E-state index contributed by atoms with van der Waals surface area (Å²) >= 11 is 0. The zero-order valence-corrected chi connectivity index (χ0v) is 29.9. The predicted octanol–water partition coefficient (Wildman–Crippen LogP) is 10.6. The van der Waals surface area contributed by atoms with Gasteiger partial charge in [0.1, 0.15) is 17.1 Å². The van der Waals surface area contributed by atoms with Crippen molar-refractivity contribution in [3.8, 4) is 23.3 Å². The van der Waals surface area contributed by atoms with Gasteiger partial charge in [0.05, 0.1) is 6.54 Å². The Morgan fingerprint density at radius 1 is 0.809 bits per heavy atom. The lowest BCUT2D eigenvalue weighted by molar-refractivity contribution is 0.0117. The van der Waals surface area contributed by atoms with Crippen molar-refractivity contribution in [3.63, 3.8) is 0 Å². The van der Waals surface area contributed by atoms with Crippen LogP contribution >= 0.6 is 0 Å². The Labute approximate surface area is 281 Å². The monoisotopic (exact) mass is 649 g/mol. The molecule has 0 unspecified atom stereocenters. The van der Waals surface area contributed by atoms with Gasteiger partial charge in [0.2, 0.25) is 0 Å². The third-order valence-electron chi connectivity index (χ3n) is 11.9. The average Bonchev–Trinajstić information content (AvgIpc) is 3.62. The van der Waals surface area contributed by atoms with Crippen molar-refractivity contribution in [1.82, 2.24) is 4.57 Å². The number of nitrogens with zero attached hydrogens (tertiary/aromatic N) is 1. The summed E-state index contributed by atoms with van der Waals surface area (Å²) in [6.45, 7) is 14.4. The summed E-state index contributed by atoms with van der Waals surface area (Å²) in [5, 5.41) is 24.2. The fourth-order valence-electron chi connectivity index (χ4n) is 10.0. The number of benzene rings is 3. The number of hydrogen-bond acceptors (Lipinski definition) is 4. The Bertz CT molecular complexity index is 1700. The van der Waals surface area contributed by atoms with Gasteiger partial charge in [-0.15, -0.1) is 0 Å². The van der Waals surface area contributed by atoms with Gasteiger partial charge in [-0.2, -0.15) is 0 Å². The summed E-state index contributed by atoms with van der Waals surface area (Å²) in [7, 11) is -2.15. The minimum atomic E-state index is -2.15. The minimum absolute atomic E-state index is 0.0569. The van der Waals surface area contributed by atoms with Crippen molar-refractivity contribution in [3.05, 3.63) is 107 Å². The second-order valence-electron chi connectivity index (χ2n) is 15.3. The molecule has 1 aromatic heterocycles. The largest absolute Gasteiger partial charge is 0.543 e. The number of rotatable bonds is 8. The quantitative estimate of drug-likeness (QED) is 0.186. The van der Waals surface area contributed by atoms with Gasteiger partial charge in [0, 0.05) is 29.0 Å². The molecular weight excluding hydrogens is 599 g/mol. The van der Waals surface area contributed by atoms with Crippen LogP contribution in [0.3, 0.4) is 0 Å². The molecule has 1 saturated carbocycles. The first kappa shape index (κ1) is 31.9. The first-order valence-corrected chi connectivity index (χ1v) is 20.0. The summed E-state index contributed by atoms with van der Waals surface area (Å²) in [6, 6.07) is 27.2. The molecule has 4 aromatic rings. The highest BCUT2D eigenvalue weighted by atomic mass is 28.4. The van der Waals surface area contributed by atoms with E-state index in [0.717, 1.165) is 65.9 Å². The summed E-state index contributed by atoms with van der Waals surface area (Å²) in [6.07, 6.45) is 4.88. The van der Waals surface area contributed by atoms with Crippen LogP contribution in [0, 0.1) is 0 Å². The number of ether oxygens (including phenoxy) is 1. The van der Waals surface area contributed by atoms with E-state index in [1.807, 2.05) is 36.4 Å². The van der Waals surface area contributed by atoms with Gasteiger partial charge in [-0.3, -0.25) is 4.57 Å². The van der Waals surface area contributed by atoms with Crippen LogP contribution in [0.4, 0.5) is 0 Å². The van der Waals surface area contributed by atoms with E-state index in [9.17, 15) is 10.2 Å². The third kappa shape index (κ3) is 5.10. The molecule has 2 aliphatic carbocycles. The van der Waals surface area contributed by atoms with Gasteiger partial charge in [-0.1, -0.05) is 108 Å². The standard InChI is InChI=1S/C41H51NO4Si/c1-26(2)47(27(3)4,28(5)6)46-31-19-20-32-34-24-33(30-17-11-8-12-18-30)36-37(38(34)41(21-13-14-22-41)45-35(32)23-31)40(44)42(39(36)43)25-29-15-9-7-10-16-29/h7-12,15-20,23,26-28,33-34,38,43-44H,13-14,21-22,24-25H2,1-6H3/t33-,34+,38-/m1/s1. The lowest BCUT2D eigenvalue weighted by Crippen LogP contribution is -2.51. The predicted molar refractivity (Wildman–Crippen MR) is 192 cm³/mol. The zero-order valence-electron chi connectivity index (χ0n) is 28.9. The van der Waals surface area contributed by atoms with Crippen LogP contribution in [0.15, 0.2) is 78.9 Å². The molecule has 1 aliphatic heterocycles. The highest BCUT2D eigenvalue weighted by Gasteiger charge is 2.57. The summed E-state index contributed by atoms with van der Waals surface area (Å²) < 4.78 is 16.1. The zero-order chi connectivity index (χ0) is 33.1. The summed E-state index contributed by atoms with van der Waals surface area (Å²) in [5.74, 6) is 2.22. The molecule has 0 bridgehead atoms. The molecule has 1 spiro atoms. The van der Waals surface area contributed by atoms with Gasteiger partial charge >= 0.3 is 0 Å². The second kappa shape index (κ2) is 12.1. The van der Waals surface area contributed by atoms with Crippen molar-refractivity contribution in [1.29, 1.82) is 0 Å². The van der Waals surface area contributed by atoms with Crippen molar-refractivity contribution in [2.24, 2.45) is 0 Å². The maximum absolute atomic E-state index is 12.2. The van der Waals surface area contributed by atoms with Gasteiger partial charge in [0.25, 0.3) is 8.32 Å². The molecule has 2 heterocycles.